The SMILES string of the molecule is Cc1cccc([C@@H](O)[C@@H]2CCCCC2=O)c1. The highest BCUT2D eigenvalue weighted by Gasteiger charge is 2.29. The van der Waals surface area contributed by atoms with Gasteiger partial charge >= 0.3 is 0 Å². The number of aliphatic hydroxyl groups excluding tert-OH is 1. The highest BCUT2D eigenvalue weighted by molar-refractivity contribution is 5.82. The molecular formula is C14H18O2. The predicted octanol–water partition coefficient (Wildman–Crippen LogP) is 2.79. The van der Waals surface area contributed by atoms with E-state index in [2.05, 4.69) is 0 Å². The van der Waals surface area contributed by atoms with Crippen LogP contribution < -0.4 is 0 Å². The van der Waals surface area contributed by atoms with Crippen molar-refractivity contribution < 1.29 is 9.90 Å². The molecule has 1 N–H and O–H groups in total. The van der Waals surface area contributed by atoms with Crippen LogP contribution >= 0.6 is 0 Å². The van der Waals surface area contributed by atoms with Crippen molar-refractivity contribution in [3.63, 3.8) is 0 Å². The van der Waals surface area contributed by atoms with E-state index < -0.39 is 6.10 Å². The lowest BCUT2D eigenvalue weighted by Gasteiger charge is -2.25. The van der Waals surface area contributed by atoms with Crippen molar-refractivity contribution in [2.75, 3.05) is 0 Å². The molecule has 2 rings (SSSR count). The first-order valence-corrected chi connectivity index (χ1v) is 5.96. The zero-order valence-electron chi connectivity index (χ0n) is 9.65. The zero-order chi connectivity index (χ0) is 11.5. The Morgan fingerprint density at radius 3 is 2.88 bits per heavy atom. The highest BCUT2D eigenvalue weighted by Crippen LogP contribution is 2.32. The van der Waals surface area contributed by atoms with Gasteiger partial charge in [-0.3, -0.25) is 4.79 Å². The smallest absolute Gasteiger partial charge is 0.138 e. The molecular weight excluding hydrogens is 200 g/mol. The minimum Gasteiger partial charge on any atom is -0.388 e. The Labute approximate surface area is 96.3 Å². The van der Waals surface area contributed by atoms with E-state index in [0.717, 1.165) is 30.4 Å². The van der Waals surface area contributed by atoms with Gasteiger partial charge in [0.15, 0.2) is 0 Å². The summed E-state index contributed by atoms with van der Waals surface area (Å²) in [5, 5.41) is 10.2. The van der Waals surface area contributed by atoms with Crippen LogP contribution in [0.4, 0.5) is 0 Å². The number of Topliss-reactive ketones (excluding diaryl/α,β-unsaturated/α-hetero) is 1. The Bertz CT molecular complexity index is 384. The van der Waals surface area contributed by atoms with E-state index in [-0.39, 0.29) is 11.7 Å². The van der Waals surface area contributed by atoms with Crippen molar-refractivity contribution in [2.24, 2.45) is 5.92 Å². The van der Waals surface area contributed by atoms with Gasteiger partial charge in [0.1, 0.15) is 5.78 Å². The van der Waals surface area contributed by atoms with Gasteiger partial charge in [0.05, 0.1) is 6.10 Å². The number of rotatable bonds is 2. The Kier molecular flexibility index (Phi) is 3.39. The maximum atomic E-state index is 11.7. The maximum Gasteiger partial charge on any atom is 0.138 e. The lowest BCUT2D eigenvalue weighted by molar-refractivity contribution is -0.128. The first-order valence-electron chi connectivity index (χ1n) is 5.96. The Hall–Kier alpha value is -1.15. The molecule has 2 atom stereocenters. The van der Waals surface area contributed by atoms with E-state index in [0.29, 0.717) is 6.42 Å². The number of benzene rings is 1. The normalized spacial score (nSPS) is 23.1. The van der Waals surface area contributed by atoms with Crippen LogP contribution in [0.15, 0.2) is 24.3 Å². The molecule has 0 spiro atoms. The van der Waals surface area contributed by atoms with E-state index in [1.54, 1.807) is 0 Å². The zero-order valence-corrected chi connectivity index (χ0v) is 9.65. The predicted molar refractivity (Wildman–Crippen MR) is 63.1 cm³/mol. The van der Waals surface area contributed by atoms with Gasteiger partial charge in [0.2, 0.25) is 0 Å². The van der Waals surface area contributed by atoms with Crippen molar-refractivity contribution in [2.45, 2.75) is 38.7 Å². The fourth-order valence-electron chi connectivity index (χ4n) is 2.43. The van der Waals surface area contributed by atoms with E-state index >= 15 is 0 Å². The third kappa shape index (κ3) is 2.33. The van der Waals surface area contributed by atoms with Gasteiger partial charge in [-0.25, -0.2) is 0 Å². The van der Waals surface area contributed by atoms with Gasteiger partial charge in [-0.2, -0.15) is 0 Å². The number of carbonyl (C=O) groups is 1. The minimum atomic E-state index is -0.618. The van der Waals surface area contributed by atoms with Gasteiger partial charge in [-0.05, 0) is 25.3 Å². The van der Waals surface area contributed by atoms with Crippen LogP contribution in [0, 0.1) is 12.8 Å². The lowest BCUT2D eigenvalue weighted by atomic mass is 9.81. The molecule has 0 radical (unpaired) electrons. The molecule has 0 bridgehead atoms. The van der Waals surface area contributed by atoms with Crippen molar-refractivity contribution in [3.8, 4) is 0 Å². The molecule has 1 aromatic carbocycles. The van der Waals surface area contributed by atoms with Crippen LogP contribution in [-0.2, 0) is 4.79 Å². The molecule has 0 amide bonds. The number of aliphatic hydroxyl groups is 1. The second-order valence-electron chi connectivity index (χ2n) is 4.68. The first kappa shape index (κ1) is 11.3. The molecule has 1 aliphatic carbocycles. The van der Waals surface area contributed by atoms with Gasteiger partial charge in [0.25, 0.3) is 0 Å². The number of hydrogen-bond donors (Lipinski definition) is 1. The van der Waals surface area contributed by atoms with Crippen molar-refractivity contribution in [1.82, 2.24) is 0 Å². The monoisotopic (exact) mass is 218 g/mol. The average Bonchev–Trinajstić information content (AvgIpc) is 2.29. The van der Waals surface area contributed by atoms with Crippen LogP contribution in [0.5, 0.6) is 0 Å². The molecule has 0 unspecified atom stereocenters. The van der Waals surface area contributed by atoms with E-state index in [1.165, 1.54) is 0 Å². The van der Waals surface area contributed by atoms with Gasteiger partial charge in [-0.1, -0.05) is 36.2 Å². The Morgan fingerprint density at radius 1 is 1.38 bits per heavy atom. The summed E-state index contributed by atoms with van der Waals surface area (Å²) in [4.78, 5) is 11.7. The molecule has 86 valence electrons. The molecule has 2 heteroatoms. The van der Waals surface area contributed by atoms with Crippen LogP contribution in [0.1, 0.15) is 42.9 Å². The molecule has 0 saturated heterocycles. The fraction of sp³-hybridized carbons (Fsp3) is 0.500. The van der Waals surface area contributed by atoms with E-state index in [4.69, 9.17) is 0 Å². The quantitative estimate of drug-likeness (QED) is 0.828. The van der Waals surface area contributed by atoms with Crippen molar-refractivity contribution >= 4 is 5.78 Å². The molecule has 0 aromatic heterocycles. The van der Waals surface area contributed by atoms with Crippen LogP contribution in [0.25, 0.3) is 0 Å². The van der Waals surface area contributed by atoms with E-state index in [9.17, 15) is 9.90 Å². The van der Waals surface area contributed by atoms with Gasteiger partial charge < -0.3 is 5.11 Å². The van der Waals surface area contributed by atoms with Crippen LogP contribution in [0.2, 0.25) is 0 Å². The second kappa shape index (κ2) is 4.79. The average molecular weight is 218 g/mol. The van der Waals surface area contributed by atoms with Crippen LogP contribution in [-0.4, -0.2) is 10.9 Å². The highest BCUT2D eigenvalue weighted by atomic mass is 16.3. The number of ketones is 1. The third-order valence-corrected chi connectivity index (χ3v) is 3.37. The summed E-state index contributed by atoms with van der Waals surface area (Å²) >= 11 is 0. The molecule has 1 aliphatic rings. The summed E-state index contributed by atoms with van der Waals surface area (Å²) in [6, 6.07) is 7.80. The van der Waals surface area contributed by atoms with Gasteiger partial charge in [0, 0.05) is 12.3 Å². The molecule has 1 saturated carbocycles. The standard InChI is InChI=1S/C14H18O2/c1-10-5-4-6-11(9-10)14(16)12-7-2-3-8-13(12)15/h4-6,9,12,14,16H,2-3,7-8H2,1H3/t12-,14-/m1/s1. The summed E-state index contributed by atoms with van der Waals surface area (Å²) in [7, 11) is 0. The first-order chi connectivity index (χ1) is 7.68. The minimum absolute atomic E-state index is 0.185. The van der Waals surface area contributed by atoms with Gasteiger partial charge in [-0.15, -0.1) is 0 Å². The number of carbonyl (C=O) groups excluding carboxylic acids is 1. The second-order valence-corrected chi connectivity index (χ2v) is 4.68. The lowest BCUT2D eigenvalue weighted by Crippen LogP contribution is -2.25. The summed E-state index contributed by atoms with van der Waals surface area (Å²) in [5.74, 6) is 0.0378. The third-order valence-electron chi connectivity index (χ3n) is 3.37. The number of aryl methyl sites for hydroxylation is 1. The summed E-state index contributed by atoms with van der Waals surface area (Å²) in [5.41, 5.74) is 2.00. The molecule has 16 heavy (non-hydrogen) atoms. The maximum absolute atomic E-state index is 11.7. The summed E-state index contributed by atoms with van der Waals surface area (Å²) < 4.78 is 0. The van der Waals surface area contributed by atoms with Crippen molar-refractivity contribution in [1.29, 1.82) is 0 Å². The molecule has 2 nitrogen and oxygen atoms in total. The largest absolute Gasteiger partial charge is 0.388 e. The van der Waals surface area contributed by atoms with Crippen LogP contribution in [0.3, 0.4) is 0 Å². The summed E-state index contributed by atoms with van der Waals surface area (Å²) in [6.07, 6.45) is 2.88. The summed E-state index contributed by atoms with van der Waals surface area (Å²) in [6.45, 7) is 2.00. The van der Waals surface area contributed by atoms with E-state index in [1.807, 2.05) is 31.2 Å². The number of hydrogen-bond acceptors (Lipinski definition) is 2. The Balaban J connectivity index is 2.17. The topological polar surface area (TPSA) is 37.3 Å². The molecule has 0 heterocycles. The molecule has 0 aliphatic heterocycles. The Morgan fingerprint density at radius 2 is 2.19 bits per heavy atom. The molecule has 1 fully saturated rings. The van der Waals surface area contributed by atoms with Crippen molar-refractivity contribution in [3.05, 3.63) is 35.4 Å². The molecule has 1 aromatic rings. The fourth-order valence-corrected chi connectivity index (χ4v) is 2.43.